The molecule has 1 aliphatic rings. The van der Waals surface area contributed by atoms with Gasteiger partial charge in [0, 0.05) is 25.2 Å². The van der Waals surface area contributed by atoms with E-state index < -0.39 is 24.3 Å². The third-order valence-corrected chi connectivity index (χ3v) is 6.48. The summed E-state index contributed by atoms with van der Waals surface area (Å²) in [6, 6.07) is 7.21. The molecule has 0 N–H and O–H groups in total. The first-order valence-corrected chi connectivity index (χ1v) is 10.8. The number of rotatable bonds is 6. The number of ether oxygens (including phenoxy) is 1. The first-order valence-electron chi connectivity index (χ1n) is 10.0. The third kappa shape index (κ3) is 3.99. The summed E-state index contributed by atoms with van der Waals surface area (Å²) in [5.74, 6) is -1.01. The van der Waals surface area contributed by atoms with Gasteiger partial charge in [0.1, 0.15) is 21.3 Å². The Bertz CT molecular complexity index is 1310. The van der Waals surface area contributed by atoms with Gasteiger partial charge in [-0.1, -0.05) is 0 Å². The van der Waals surface area contributed by atoms with Crippen LogP contribution in [0.3, 0.4) is 0 Å². The molecule has 0 saturated carbocycles. The van der Waals surface area contributed by atoms with Crippen LogP contribution in [0.5, 0.6) is 0 Å². The van der Waals surface area contributed by atoms with Crippen molar-refractivity contribution in [3.63, 3.8) is 0 Å². The number of aromatic nitrogens is 2. The standard InChI is InChI=1S/C22H19FN4O4S/c1-13-18-20(25-16-4-2-10-27(16)21(18)29)32-19(13)22(30)31-12-17(28)26(11-3-9-24)15-7-5-14(23)6-8-15/h5-8H,2-4,10-12H2,1H3. The molecule has 3 heterocycles. The van der Waals surface area contributed by atoms with Crippen molar-refractivity contribution < 1.29 is 18.7 Å². The van der Waals surface area contributed by atoms with Crippen molar-refractivity contribution in [2.24, 2.45) is 0 Å². The summed E-state index contributed by atoms with van der Waals surface area (Å²) in [5, 5.41) is 9.28. The fourth-order valence-electron chi connectivity index (χ4n) is 3.72. The number of carbonyl (C=O) groups is 2. The van der Waals surface area contributed by atoms with Gasteiger partial charge in [0.2, 0.25) is 0 Å². The second-order valence-electron chi connectivity index (χ2n) is 7.33. The predicted molar refractivity (Wildman–Crippen MR) is 116 cm³/mol. The predicted octanol–water partition coefficient (Wildman–Crippen LogP) is 2.96. The number of halogens is 1. The number of fused-ring (bicyclic) bond motifs is 2. The summed E-state index contributed by atoms with van der Waals surface area (Å²) in [5.41, 5.74) is 0.722. The van der Waals surface area contributed by atoms with Crippen LogP contribution in [0.2, 0.25) is 0 Å². The molecular weight excluding hydrogens is 435 g/mol. The van der Waals surface area contributed by atoms with Crippen LogP contribution in [-0.4, -0.2) is 34.6 Å². The van der Waals surface area contributed by atoms with Crippen LogP contribution < -0.4 is 10.5 Å². The molecule has 10 heteroatoms. The molecule has 0 radical (unpaired) electrons. The maximum Gasteiger partial charge on any atom is 0.349 e. The number of thiophene rings is 1. The minimum absolute atomic E-state index is 0.0623. The lowest BCUT2D eigenvalue weighted by Crippen LogP contribution is -2.35. The summed E-state index contributed by atoms with van der Waals surface area (Å²) in [6.45, 7) is 1.80. The van der Waals surface area contributed by atoms with Gasteiger partial charge in [-0.3, -0.25) is 14.2 Å². The van der Waals surface area contributed by atoms with Gasteiger partial charge >= 0.3 is 5.97 Å². The van der Waals surface area contributed by atoms with E-state index in [-0.39, 0.29) is 23.4 Å². The lowest BCUT2D eigenvalue weighted by Gasteiger charge is -2.21. The van der Waals surface area contributed by atoms with Gasteiger partial charge in [0.25, 0.3) is 11.5 Å². The second kappa shape index (κ2) is 8.88. The number of esters is 1. The van der Waals surface area contributed by atoms with Gasteiger partial charge in [0.15, 0.2) is 6.61 Å². The molecule has 0 bridgehead atoms. The van der Waals surface area contributed by atoms with Crippen molar-refractivity contribution in [1.82, 2.24) is 9.55 Å². The Morgan fingerprint density at radius 3 is 2.81 bits per heavy atom. The van der Waals surface area contributed by atoms with Crippen molar-refractivity contribution >= 4 is 39.1 Å². The fraction of sp³-hybridized carbons (Fsp3) is 0.318. The van der Waals surface area contributed by atoms with Gasteiger partial charge in [-0.15, -0.1) is 11.3 Å². The molecule has 0 unspecified atom stereocenters. The minimum Gasteiger partial charge on any atom is -0.451 e. The summed E-state index contributed by atoms with van der Waals surface area (Å²) in [4.78, 5) is 44.7. The van der Waals surface area contributed by atoms with E-state index >= 15 is 0 Å². The van der Waals surface area contributed by atoms with Crippen LogP contribution in [0, 0.1) is 24.1 Å². The molecule has 0 saturated heterocycles. The van der Waals surface area contributed by atoms with Crippen molar-refractivity contribution in [2.75, 3.05) is 18.1 Å². The second-order valence-corrected chi connectivity index (χ2v) is 8.33. The van der Waals surface area contributed by atoms with E-state index in [0.29, 0.717) is 33.8 Å². The zero-order valence-electron chi connectivity index (χ0n) is 17.3. The molecule has 1 amide bonds. The van der Waals surface area contributed by atoms with Crippen molar-refractivity contribution in [2.45, 2.75) is 32.7 Å². The Hall–Kier alpha value is -3.58. The number of amides is 1. The maximum atomic E-state index is 13.2. The molecule has 32 heavy (non-hydrogen) atoms. The first-order chi connectivity index (χ1) is 15.4. The SMILES string of the molecule is Cc1c(C(=O)OCC(=O)N(CCC#N)c2ccc(F)cc2)sc2nc3n(c(=O)c12)CCC3. The zero-order chi connectivity index (χ0) is 22.8. The van der Waals surface area contributed by atoms with Gasteiger partial charge in [0.05, 0.1) is 17.9 Å². The number of hydrogen-bond acceptors (Lipinski definition) is 7. The molecule has 1 aliphatic heterocycles. The molecule has 3 aromatic rings. The Morgan fingerprint density at radius 1 is 1.34 bits per heavy atom. The maximum absolute atomic E-state index is 13.2. The molecule has 0 aliphatic carbocycles. The molecule has 8 nitrogen and oxygen atoms in total. The molecule has 164 valence electrons. The number of hydrogen-bond donors (Lipinski definition) is 0. The summed E-state index contributed by atoms with van der Waals surface area (Å²) < 4.78 is 20.1. The van der Waals surface area contributed by atoms with E-state index in [4.69, 9.17) is 10.00 Å². The lowest BCUT2D eigenvalue weighted by atomic mass is 10.2. The molecule has 1 aromatic carbocycles. The highest BCUT2D eigenvalue weighted by molar-refractivity contribution is 7.20. The van der Waals surface area contributed by atoms with Crippen LogP contribution in [0.1, 0.15) is 33.9 Å². The monoisotopic (exact) mass is 454 g/mol. The van der Waals surface area contributed by atoms with Crippen LogP contribution in [0.25, 0.3) is 10.2 Å². The summed E-state index contributed by atoms with van der Waals surface area (Å²) in [7, 11) is 0. The molecule has 0 atom stereocenters. The van der Waals surface area contributed by atoms with Gasteiger partial charge < -0.3 is 9.64 Å². The first kappa shape index (κ1) is 21.6. The van der Waals surface area contributed by atoms with Gasteiger partial charge in [-0.25, -0.2) is 14.2 Å². The highest BCUT2D eigenvalue weighted by Crippen LogP contribution is 2.29. The van der Waals surface area contributed by atoms with E-state index in [2.05, 4.69) is 4.98 Å². The van der Waals surface area contributed by atoms with E-state index in [1.54, 1.807) is 11.5 Å². The third-order valence-electron chi connectivity index (χ3n) is 5.31. The van der Waals surface area contributed by atoms with E-state index in [1.165, 1.54) is 29.2 Å². The largest absolute Gasteiger partial charge is 0.451 e. The van der Waals surface area contributed by atoms with Crippen LogP contribution in [0.15, 0.2) is 29.1 Å². The Morgan fingerprint density at radius 2 is 2.09 bits per heavy atom. The fourth-order valence-corrected chi connectivity index (χ4v) is 4.81. The quantitative estimate of drug-likeness (QED) is 0.530. The Labute approximate surface area is 186 Å². The van der Waals surface area contributed by atoms with Crippen molar-refractivity contribution in [3.8, 4) is 6.07 Å². The molecule has 4 rings (SSSR count). The van der Waals surface area contributed by atoms with E-state index in [9.17, 15) is 18.8 Å². The molecular formula is C22H19FN4O4S. The number of benzene rings is 1. The topological polar surface area (TPSA) is 105 Å². The summed E-state index contributed by atoms with van der Waals surface area (Å²) >= 11 is 1.08. The summed E-state index contributed by atoms with van der Waals surface area (Å²) in [6.07, 6.45) is 1.65. The van der Waals surface area contributed by atoms with Gasteiger partial charge in [-0.2, -0.15) is 5.26 Å². The van der Waals surface area contributed by atoms with E-state index in [0.717, 1.165) is 24.2 Å². The lowest BCUT2D eigenvalue weighted by molar-refractivity contribution is -0.121. The van der Waals surface area contributed by atoms with Crippen LogP contribution in [-0.2, 0) is 22.5 Å². The minimum atomic E-state index is -0.720. The van der Waals surface area contributed by atoms with E-state index in [1.807, 2.05) is 6.07 Å². The number of aryl methyl sites for hydroxylation is 2. The highest BCUT2D eigenvalue weighted by atomic mass is 32.1. The zero-order valence-corrected chi connectivity index (χ0v) is 18.1. The number of carbonyl (C=O) groups excluding carboxylic acids is 2. The normalized spacial score (nSPS) is 12.4. The van der Waals surface area contributed by atoms with Crippen LogP contribution in [0.4, 0.5) is 10.1 Å². The molecule has 0 fully saturated rings. The molecule has 0 spiro atoms. The van der Waals surface area contributed by atoms with Gasteiger partial charge in [-0.05, 0) is 43.2 Å². The average Bonchev–Trinajstić information content (AvgIpc) is 3.38. The number of anilines is 1. The average molecular weight is 454 g/mol. The number of nitrogens with zero attached hydrogens (tertiary/aromatic N) is 4. The number of nitriles is 1. The Kier molecular flexibility index (Phi) is 6.01. The Balaban J connectivity index is 1.53. The smallest absolute Gasteiger partial charge is 0.349 e. The highest BCUT2D eigenvalue weighted by Gasteiger charge is 2.25. The van der Waals surface area contributed by atoms with Crippen molar-refractivity contribution in [3.05, 3.63) is 56.7 Å². The molecule has 2 aromatic heterocycles. The van der Waals surface area contributed by atoms with Crippen LogP contribution >= 0.6 is 11.3 Å². The van der Waals surface area contributed by atoms with Crippen molar-refractivity contribution in [1.29, 1.82) is 5.26 Å².